The molecule has 1 aromatic rings. The predicted molar refractivity (Wildman–Crippen MR) is 78.3 cm³/mol. The molecule has 2 nitrogen and oxygen atoms in total. The fraction of sp³-hybridized carbons (Fsp3) is 0.600. The molecular formula is C15H23ClN2. The summed E-state index contributed by atoms with van der Waals surface area (Å²) in [5.74, 6) is 1.34. The first kappa shape index (κ1) is 13.9. The third-order valence-electron chi connectivity index (χ3n) is 3.95. The van der Waals surface area contributed by atoms with Gasteiger partial charge in [0, 0.05) is 24.0 Å². The lowest BCUT2D eigenvalue weighted by atomic mass is 9.81. The molecule has 1 heterocycles. The molecule has 0 amide bonds. The number of hydrogen-bond donors (Lipinski definition) is 1. The molecule has 0 aliphatic carbocycles. The van der Waals surface area contributed by atoms with E-state index in [9.17, 15) is 0 Å². The highest BCUT2D eigenvalue weighted by molar-refractivity contribution is 6.30. The van der Waals surface area contributed by atoms with Gasteiger partial charge in [-0.25, -0.2) is 0 Å². The summed E-state index contributed by atoms with van der Waals surface area (Å²) in [5, 5.41) is 4.16. The molecule has 1 aliphatic heterocycles. The van der Waals surface area contributed by atoms with Gasteiger partial charge in [0.15, 0.2) is 0 Å². The third kappa shape index (κ3) is 3.47. The number of nitrogens with zero attached hydrogens (tertiary/aromatic N) is 1. The quantitative estimate of drug-likeness (QED) is 0.901. The van der Waals surface area contributed by atoms with Gasteiger partial charge in [0.25, 0.3) is 0 Å². The van der Waals surface area contributed by atoms with Crippen molar-refractivity contribution < 1.29 is 0 Å². The van der Waals surface area contributed by atoms with Crippen LogP contribution in [0.3, 0.4) is 0 Å². The van der Waals surface area contributed by atoms with Crippen LogP contribution in [0, 0.1) is 5.92 Å². The van der Waals surface area contributed by atoms with Crippen molar-refractivity contribution in [3.63, 3.8) is 0 Å². The van der Waals surface area contributed by atoms with Crippen LogP contribution in [0.1, 0.15) is 24.3 Å². The Morgan fingerprint density at radius 3 is 2.72 bits per heavy atom. The van der Waals surface area contributed by atoms with Crippen LogP contribution < -0.4 is 5.32 Å². The largest absolute Gasteiger partial charge is 0.319 e. The third-order valence-corrected chi connectivity index (χ3v) is 4.20. The van der Waals surface area contributed by atoms with Gasteiger partial charge >= 0.3 is 0 Å². The second-order valence-electron chi connectivity index (χ2n) is 5.38. The van der Waals surface area contributed by atoms with Gasteiger partial charge in [0.05, 0.1) is 0 Å². The van der Waals surface area contributed by atoms with Crippen molar-refractivity contribution in [1.29, 1.82) is 0 Å². The monoisotopic (exact) mass is 266 g/mol. The van der Waals surface area contributed by atoms with Crippen molar-refractivity contribution in [3.05, 3.63) is 34.9 Å². The minimum Gasteiger partial charge on any atom is -0.319 e. The van der Waals surface area contributed by atoms with E-state index in [4.69, 9.17) is 11.6 Å². The molecule has 0 aromatic heterocycles. The maximum atomic E-state index is 5.98. The van der Waals surface area contributed by atoms with Crippen molar-refractivity contribution in [3.8, 4) is 0 Å². The van der Waals surface area contributed by atoms with Crippen LogP contribution in [0.2, 0.25) is 5.02 Å². The lowest BCUT2D eigenvalue weighted by Gasteiger charge is -2.35. The van der Waals surface area contributed by atoms with Crippen molar-refractivity contribution in [2.45, 2.75) is 18.8 Å². The molecule has 3 heteroatoms. The molecule has 0 bridgehead atoms. The van der Waals surface area contributed by atoms with Crippen molar-refractivity contribution in [1.82, 2.24) is 10.2 Å². The summed E-state index contributed by atoms with van der Waals surface area (Å²) in [5.41, 5.74) is 1.41. The number of halogens is 1. The minimum absolute atomic E-state index is 0.593. The van der Waals surface area contributed by atoms with Gasteiger partial charge in [-0.15, -0.1) is 0 Å². The van der Waals surface area contributed by atoms with E-state index in [1.165, 1.54) is 31.5 Å². The first-order chi connectivity index (χ1) is 8.70. The number of nitrogens with one attached hydrogen (secondary N) is 1. The number of likely N-dealkylation sites (tertiary alicyclic amines) is 1. The molecule has 0 saturated carbocycles. The predicted octanol–water partition coefficient (Wildman–Crippen LogP) is 2.98. The number of benzene rings is 1. The van der Waals surface area contributed by atoms with E-state index in [1.54, 1.807) is 0 Å². The molecule has 1 N–H and O–H groups in total. The van der Waals surface area contributed by atoms with Crippen molar-refractivity contribution >= 4 is 11.6 Å². The summed E-state index contributed by atoms with van der Waals surface area (Å²) in [6, 6.07) is 8.37. The summed E-state index contributed by atoms with van der Waals surface area (Å²) < 4.78 is 0. The summed E-state index contributed by atoms with van der Waals surface area (Å²) in [6.07, 6.45) is 2.65. The Bertz CT molecular complexity index is 363. The van der Waals surface area contributed by atoms with Crippen LogP contribution in [-0.4, -0.2) is 38.6 Å². The molecule has 2 unspecified atom stereocenters. The summed E-state index contributed by atoms with van der Waals surface area (Å²) >= 11 is 5.98. The zero-order chi connectivity index (χ0) is 13.0. The molecule has 18 heavy (non-hydrogen) atoms. The highest BCUT2D eigenvalue weighted by Crippen LogP contribution is 2.31. The Balaban J connectivity index is 2.13. The second-order valence-corrected chi connectivity index (χ2v) is 5.82. The highest BCUT2D eigenvalue weighted by Gasteiger charge is 2.26. The van der Waals surface area contributed by atoms with E-state index in [1.807, 2.05) is 19.2 Å². The van der Waals surface area contributed by atoms with E-state index in [0.29, 0.717) is 5.92 Å². The van der Waals surface area contributed by atoms with Gasteiger partial charge in [-0.2, -0.15) is 0 Å². The number of piperidine rings is 1. The van der Waals surface area contributed by atoms with Crippen LogP contribution in [0.25, 0.3) is 0 Å². The molecular weight excluding hydrogens is 244 g/mol. The van der Waals surface area contributed by atoms with E-state index in [0.717, 1.165) is 17.5 Å². The molecule has 1 aliphatic rings. The molecule has 1 saturated heterocycles. The molecule has 2 rings (SSSR count). The smallest absolute Gasteiger partial charge is 0.0406 e. The van der Waals surface area contributed by atoms with Crippen LogP contribution >= 0.6 is 11.6 Å². The van der Waals surface area contributed by atoms with Gasteiger partial charge in [-0.05, 0) is 57.1 Å². The Morgan fingerprint density at radius 1 is 1.39 bits per heavy atom. The Hall–Kier alpha value is -0.570. The maximum absolute atomic E-state index is 5.98. The van der Waals surface area contributed by atoms with Gasteiger partial charge in [0.1, 0.15) is 0 Å². The Morgan fingerprint density at radius 2 is 2.11 bits per heavy atom. The molecule has 0 spiro atoms. The van der Waals surface area contributed by atoms with Crippen LogP contribution in [-0.2, 0) is 0 Å². The van der Waals surface area contributed by atoms with Crippen LogP contribution in [0.4, 0.5) is 0 Å². The number of rotatable bonds is 4. The topological polar surface area (TPSA) is 15.3 Å². The summed E-state index contributed by atoms with van der Waals surface area (Å²) in [6.45, 7) is 3.48. The second kappa shape index (κ2) is 6.55. The standard InChI is InChI=1S/C15H23ClN2/c1-17-10-15(12-5-7-14(16)8-6-12)13-4-3-9-18(2)11-13/h5-8,13,15,17H,3-4,9-11H2,1-2H3. The highest BCUT2D eigenvalue weighted by atomic mass is 35.5. The van der Waals surface area contributed by atoms with E-state index >= 15 is 0 Å². The number of hydrogen-bond acceptors (Lipinski definition) is 2. The maximum Gasteiger partial charge on any atom is 0.0406 e. The average molecular weight is 267 g/mol. The van der Waals surface area contributed by atoms with E-state index in [2.05, 4.69) is 29.4 Å². The normalized spacial score (nSPS) is 22.9. The zero-order valence-corrected chi connectivity index (χ0v) is 12.1. The van der Waals surface area contributed by atoms with Gasteiger partial charge in [-0.1, -0.05) is 23.7 Å². The molecule has 2 atom stereocenters. The van der Waals surface area contributed by atoms with Crippen LogP contribution in [0.15, 0.2) is 24.3 Å². The molecule has 0 radical (unpaired) electrons. The summed E-state index contributed by atoms with van der Waals surface area (Å²) in [4.78, 5) is 2.45. The van der Waals surface area contributed by atoms with Gasteiger partial charge in [0.2, 0.25) is 0 Å². The summed E-state index contributed by atoms with van der Waals surface area (Å²) in [7, 11) is 4.26. The molecule has 100 valence electrons. The van der Waals surface area contributed by atoms with Crippen LogP contribution in [0.5, 0.6) is 0 Å². The SMILES string of the molecule is CNCC(c1ccc(Cl)cc1)C1CCCN(C)C1. The van der Waals surface area contributed by atoms with E-state index < -0.39 is 0 Å². The fourth-order valence-electron chi connectivity index (χ4n) is 3.02. The lowest BCUT2D eigenvalue weighted by molar-refractivity contribution is 0.186. The number of likely N-dealkylation sites (N-methyl/N-ethyl adjacent to an activating group) is 1. The lowest BCUT2D eigenvalue weighted by Crippen LogP contribution is -2.37. The zero-order valence-electron chi connectivity index (χ0n) is 11.3. The Labute approximate surface area is 115 Å². The molecule has 1 fully saturated rings. The van der Waals surface area contributed by atoms with Gasteiger partial charge < -0.3 is 10.2 Å². The van der Waals surface area contributed by atoms with Crippen molar-refractivity contribution in [2.24, 2.45) is 5.92 Å². The minimum atomic E-state index is 0.593. The Kier molecular flexibility index (Phi) is 5.04. The van der Waals surface area contributed by atoms with Crippen molar-refractivity contribution in [2.75, 3.05) is 33.7 Å². The van der Waals surface area contributed by atoms with Gasteiger partial charge in [-0.3, -0.25) is 0 Å². The van der Waals surface area contributed by atoms with E-state index in [-0.39, 0.29) is 0 Å². The molecule has 1 aromatic carbocycles. The first-order valence-electron chi connectivity index (χ1n) is 6.79. The first-order valence-corrected chi connectivity index (χ1v) is 7.17. The average Bonchev–Trinajstić information content (AvgIpc) is 2.37. The fourth-order valence-corrected chi connectivity index (χ4v) is 3.15.